The fraction of sp³-hybridized carbons (Fsp3) is 0.0556. The Bertz CT molecular complexity index is 571. The zero-order valence-electron chi connectivity index (χ0n) is 11.4. The summed E-state index contributed by atoms with van der Waals surface area (Å²) in [7, 11) is 0. The van der Waals surface area contributed by atoms with Crippen molar-refractivity contribution >= 4 is 0 Å². The number of hydrogen-bond acceptors (Lipinski definition) is 2. The molecule has 1 aliphatic rings. The summed E-state index contributed by atoms with van der Waals surface area (Å²) in [5, 5.41) is 0. The third-order valence-corrected chi connectivity index (χ3v) is 3.11. The summed E-state index contributed by atoms with van der Waals surface area (Å²) in [6.45, 7) is 0. The third-order valence-electron chi connectivity index (χ3n) is 3.11. The molecule has 4 rings (SSSR count). The number of para-hydroxylation sites is 2. The second kappa shape index (κ2) is 7.72. The van der Waals surface area contributed by atoms with Gasteiger partial charge in [0.15, 0.2) is 0 Å². The molecule has 0 fully saturated rings. The zero-order valence-corrected chi connectivity index (χ0v) is 13.8. The van der Waals surface area contributed by atoms with Crippen LogP contribution in [-0.2, 0) is 26.5 Å². The van der Waals surface area contributed by atoms with Crippen LogP contribution >= 0.6 is 0 Å². The van der Waals surface area contributed by atoms with E-state index < -0.39 is 0 Å². The molecule has 0 unspecified atom stereocenters. The van der Waals surface area contributed by atoms with Crippen LogP contribution in [0.4, 0.5) is 0 Å². The average Bonchev–Trinajstić information content (AvgIpc) is 2.55. The number of pyridine rings is 1. The maximum atomic E-state index is 5.78. The molecule has 0 bridgehead atoms. The van der Waals surface area contributed by atoms with E-state index in [0.717, 1.165) is 17.9 Å². The Morgan fingerprint density at radius 3 is 1.62 bits per heavy atom. The first kappa shape index (κ1) is 15.4. The van der Waals surface area contributed by atoms with Gasteiger partial charge in [-0.1, -0.05) is 42.5 Å². The van der Waals surface area contributed by atoms with Gasteiger partial charge in [-0.15, -0.1) is 0 Å². The molecule has 104 valence electrons. The fourth-order valence-electron chi connectivity index (χ4n) is 2.14. The number of aromatic nitrogens is 1. The number of benzene rings is 2. The van der Waals surface area contributed by atoms with Crippen LogP contribution in [0.3, 0.4) is 0 Å². The molecule has 0 radical (unpaired) electrons. The fourth-order valence-corrected chi connectivity index (χ4v) is 2.14. The van der Waals surface area contributed by atoms with E-state index in [1.165, 1.54) is 11.1 Å². The predicted octanol–water partition coefficient (Wildman–Crippen LogP) is 4.46. The Hall–Kier alpha value is -1.96. The van der Waals surface area contributed by atoms with Gasteiger partial charge in [-0.25, -0.2) is 0 Å². The van der Waals surface area contributed by atoms with Crippen LogP contribution in [0.2, 0.25) is 0 Å². The van der Waals surface area contributed by atoms with Crippen LogP contribution < -0.4 is 4.74 Å². The van der Waals surface area contributed by atoms with Gasteiger partial charge in [-0.05, 0) is 35.4 Å². The molecule has 3 aromatic rings. The Balaban J connectivity index is 0.000000197. The standard InChI is InChI=1S/C13H10O.C5H5N.Ir/c1-3-7-12-10(5-1)9-11-6-2-4-8-13(11)14-12;1-2-4-6-5-3-1;/h1-8H,9H2;1-5H;/q;;+3. The van der Waals surface area contributed by atoms with E-state index in [1.807, 2.05) is 42.5 Å². The number of nitrogens with zero attached hydrogens (tertiary/aromatic N) is 1. The molecule has 0 saturated carbocycles. The molecule has 21 heavy (non-hydrogen) atoms. The van der Waals surface area contributed by atoms with Crippen molar-refractivity contribution in [1.29, 1.82) is 0 Å². The minimum Gasteiger partial charge on any atom is -0.457 e. The SMILES string of the molecule is [Ir+3].c1ccc2c(c1)Cc1ccccc1O2.c1ccncc1. The molecular formula is C18H15IrNO+3. The van der Waals surface area contributed by atoms with Gasteiger partial charge in [0.2, 0.25) is 0 Å². The first-order valence-electron chi connectivity index (χ1n) is 6.62. The van der Waals surface area contributed by atoms with E-state index in [0.29, 0.717) is 0 Å². The molecule has 1 aromatic heterocycles. The third kappa shape index (κ3) is 4.01. The summed E-state index contributed by atoms with van der Waals surface area (Å²) in [6.07, 6.45) is 4.48. The maximum Gasteiger partial charge on any atom is 3.00 e. The molecule has 2 nitrogen and oxygen atoms in total. The van der Waals surface area contributed by atoms with Gasteiger partial charge in [-0.3, -0.25) is 4.98 Å². The second-order valence-electron chi connectivity index (χ2n) is 4.52. The van der Waals surface area contributed by atoms with Crippen molar-refractivity contribution < 1.29 is 24.8 Å². The van der Waals surface area contributed by atoms with E-state index in [1.54, 1.807) is 12.4 Å². The van der Waals surface area contributed by atoms with Gasteiger partial charge in [0, 0.05) is 18.8 Å². The van der Waals surface area contributed by atoms with Crippen LogP contribution in [0.5, 0.6) is 11.5 Å². The molecule has 0 atom stereocenters. The molecule has 2 aromatic carbocycles. The van der Waals surface area contributed by atoms with E-state index in [2.05, 4.69) is 29.2 Å². The summed E-state index contributed by atoms with van der Waals surface area (Å²) in [5.74, 6) is 1.98. The molecule has 0 saturated heterocycles. The quantitative estimate of drug-likeness (QED) is 0.392. The first-order valence-corrected chi connectivity index (χ1v) is 6.62. The molecule has 1 aliphatic heterocycles. The van der Waals surface area contributed by atoms with Gasteiger partial charge < -0.3 is 4.74 Å². The minimum atomic E-state index is 0. The molecule has 0 amide bonds. The van der Waals surface area contributed by atoms with E-state index >= 15 is 0 Å². The maximum absolute atomic E-state index is 5.78. The Morgan fingerprint density at radius 1 is 0.667 bits per heavy atom. The zero-order chi connectivity index (χ0) is 13.6. The topological polar surface area (TPSA) is 22.1 Å². The van der Waals surface area contributed by atoms with Crippen molar-refractivity contribution in [2.24, 2.45) is 0 Å². The van der Waals surface area contributed by atoms with Crippen molar-refractivity contribution in [2.45, 2.75) is 6.42 Å². The Labute approximate surface area is 138 Å². The van der Waals surface area contributed by atoms with Crippen molar-refractivity contribution in [3.05, 3.63) is 90.3 Å². The molecule has 0 N–H and O–H groups in total. The van der Waals surface area contributed by atoms with E-state index in [-0.39, 0.29) is 20.1 Å². The largest absolute Gasteiger partial charge is 3.00 e. The van der Waals surface area contributed by atoms with Crippen LogP contribution in [0, 0.1) is 0 Å². The van der Waals surface area contributed by atoms with Crippen LogP contribution in [0.15, 0.2) is 79.1 Å². The number of ether oxygens (including phenoxy) is 1. The summed E-state index contributed by atoms with van der Waals surface area (Å²) in [5.41, 5.74) is 2.54. The van der Waals surface area contributed by atoms with Crippen LogP contribution in [0.1, 0.15) is 11.1 Å². The number of hydrogen-bond donors (Lipinski definition) is 0. The molecule has 2 heterocycles. The summed E-state index contributed by atoms with van der Waals surface area (Å²) < 4.78 is 5.78. The molecule has 3 heteroatoms. The Morgan fingerprint density at radius 2 is 1.19 bits per heavy atom. The van der Waals surface area contributed by atoms with Gasteiger partial charge in [0.1, 0.15) is 11.5 Å². The minimum absolute atomic E-state index is 0. The second-order valence-corrected chi connectivity index (χ2v) is 4.52. The summed E-state index contributed by atoms with van der Waals surface area (Å²) >= 11 is 0. The normalized spacial score (nSPS) is 10.7. The first-order chi connectivity index (χ1) is 9.93. The van der Waals surface area contributed by atoms with Crippen molar-refractivity contribution in [3.63, 3.8) is 0 Å². The van der Waals surface area contributed by atoms with Gasteiger partial charge in [0.25, 0.3) is 0 Å². The summed E-state index contributed by atoms with van der Waals surface area (Å²) in [4.78, 5) is 3.78. The smallest absolute Gasteiger partial charge is 0.457 e. The van der Waals surface area contributed by atoms with Crippen molar-refractivity contribution in [3.8, 4) is 11.5 Å². The molecule has 0 spiro atoms. The van der Waals surface area contributed by atoms with Gasteiger partial charge in [0.05, 0.1) is 0 Å². The van der Waals surface area contributed by atoms with Crippen molar-refractivity contribution in [2.75, 3.05) is 0 Å². The van der Waals surface area contributed by atoms with Crippen LogP contribution in [-0.4, -0.2) is 4.98 Å². The van der Waals surface area contributed by atoms with E-state index in [4.69, 9.17) is 4.74 Å². The number of fused-ring (bicyclic) bond motifs is 2. The van der Waals surface area contributed by atoms with Gasteiger partial charge in [-0.2, -0.15) is 0 Å². The predicted molar refractivity (Wildman–Crippen MR) is 80.0 cm³/mol. The van der Waals surface area contributed by atoms with Crippen LogP contribution in [0.25, 0.3) is 0 Å². The van der Waals surface area contributed by atoms with E-state index in [9.17, 15) is 0 Å². The van der Waals surface area contributed by atoms with Crippen molar-refractivity contribution in [1.82, 2.24) is 4.98 Å². The average molecular weight is 454 g/mol. The molecular weight excluding hydrogens is 438 g/mol. The monoisotopic (exact) mass is 454 g/mol. The Kier molecular flexibility index (Phi) is 5.68. The number of rotatable bonds is 0. The summed E-state index contributed by atoms with van der Waals surface area (Å²) in [6, 6.07) is 22.1. The molecule has 0 aliphatic carbocycles. The van der Waals surface area contributed by atoms with Gasteiger partial charge >= 0.3 is 20.1 Å².